The van der Waals surface area contributed by atoms with Gasteiger partial charge in [0.25, 0.3) is 0 Å². The minimum Gasteiger partial charge on any atom is -0.464 e. The molecule has 2 aromatic carbocycles. The Morgan fingerprint density at radius 3 is 2.11 bits per heavy atom. The summed E-state index contributed by atoms with van der Waals surface area (Å²) >= 11 is 0. The summed E-state index contributed by atoms with van der Waals surface area (Å²) < 4.78 is 11.5. The summed E-state index contributed by atoms with van der Waals surface area (Å²) in [6.45, 7) is 5.15. The Morgan fingerprint density at radius 1 is 0.964 bits per heavy atom. The molecule has 0 N–H and O–H groups in total. The number of carbonyl (C=O) groups excluding carboxylic acids is 1. The van der Waals surface area contributed by atoms with Gasteiger partial charge in [-0.3, -0.25) is 4.79 Å². The number of hydrogen-bond donors (Lipinski definition) is 0. The number of fused-ring (bicyclic) bond motifs is 3. The van der Waals surface area contributed by atoms with E-state index in [0.29, 0.717) is 12.5 Å². The van der Waals surface area contributed by atoms with Crippen LogP contribution in [0.4, 0.5) is 0 Å². The first-order valence-corrected chi connectivity index (χ1v) is 10.5. The Bertz CT molecular complexity index is 750. The van der Waals surface area contributed by atoms with E-state index in [4.69, 9.17) is 9.47 Å². The molecule has 1 unspecified atom stereocenters. The molecule has 0 aromatic heterocycles. The molecule has 0 spiro atoms. The van der Waals surface area contributed by atoms with E-state index in [1.807, 2.05) is 36.4 Å². The van der Waals surface area contributed by atoms with Crippen molar-refractivity contribution in [1.82, 2.24) is 0 Å². The average molecular weight is 381 g/mol. The van der Waals surface area contributed by atoms with Crippen LogP contribution in [0.2, 0.25) is 0 Å². The third-order valence-electron chi connectivity index (χ3n) is 6.02. The molecule has 0 fully saturated rings. The Kier molecular flexibility index (Phi) is 6.90. The summed E-state index contributed by atoms with van der Waals surface area (Å²) in [6, 6.07) is 16.2. The van der Waals surface area contributed by atoms with Crippen LogP contribution in [0.25, 0.3) is 11.1 Å². The second-order valence-electron chi connectivity index (χ2n) is 7.80. The first-order valence-electron chi connectivity index (χ1n) is 10.5. The fourth-order valence-corrected chi connectivity index (χ4v) is 4.38. The van der Waals surface area contributed by atoms with Crippen molar-refractivity contribution >= 4 is 5.97 Å². The summed E-state index contributed by atoms with van der Waals surface area (Å²) in [5, 5.41) is 0. The highest BCUT2D eigenvalue weighted by Crippen LogP contribution is 2.49. The van der Waals surface area contributed by atoms with Crippen LogP contribution in [0.5, 0.6) is 0 Å². The topological polar surface area (TPSA) is 35.5 Å². The van der Waals surface area contributed by atoms with E-state index >= 15 is 0 Å². The zero-order chi connectivity index (χ0) is 20.0. The van der Waals surface area contributed by atoms with Crippen molar-refractivity contribution in [3.05, 3.63) is 59.7 Å². The van der Waals surface area contributed by atoms with Crippen molar-refractivity contribution in [3.8, 4) is 11.1 Å². The summed E-state index contributed by atoms with van der Waals surface area (Å²) in [5.41, 5.74) is 3.29. The van der Waals surface area contributed by atoms with Gasteiger partial charge in [0, 0.05) is 7.11 Å². The third kappa shape index (κ3) is 3.73. The molecule has 2 aromatic rings. The van der Waals surface area contributed by atoms with E-state index in [2.05, 4.69) is 26.0 Å². The van der Waals surface area contributed by atoms with E-state index < -0.39 is 5.41 Å². The lowest BCUT2D eigenvalue weighted by atomic mass is 9.79. The predicted octanol–water partition coefficient (Wildman–Crippen LogP) is 5.75. The number of carbonyl (C=O) groups is 1. The summed E-state index contributed by atoms with van der Waals surface area (Å²) in [7, 11) is 1.65. The normalized spacial score (nSPS) is 15.0. The van der Waals surface area contributed by atoms with Crippen molar-refractivity contribution in [3.63, 3.8) is 0 Å². The van der Waals surface area contributed by atoms with Crippen LogP contribution in [-0.4, -0.2) is 26.3 Å². The SMILES string of the molecule is CCCCCC(CC)COC(=O)C1(COC)c2ccccc2-c2ccccc21. The first-order chi connectivity index (χ1) is 13.7. The fourth-order valence-electron chi connectivity index (χ4n) is 4.38. The molecule has 3 heteroatoms. The van der Waals surface area contributed by atoms with Crippen LogP contribution in [0.15, 0.2) is 48.5 Å². The lowest BCUT2D eigenvalue weighted by molar-refractivity contribution is -0.152. The Morgan fingerprint density at radius 2 is 1.57 bits per heavy atom. The molecule has 0 amide bonds. The van der Waals surface area contributed by atoms with Crippen molar-refractivity contribution in [1.29, 1.82) is 0 Å². The average Bonchev–Trinajstić information content (AvgIpc) is 3.02. The van der Waals surface area contributed by atoms with Gasteiger partial charge < -0.3 is 9.47 Å². The standard InChI is InChI=1S/C25H32O3/c1-4-6-7-12-19(5-2)17-28-24(26)25(18-27-3)22-15-10-8-13-20(22)21-14-9-11-16-23(21)25/h8-11,13-16,19H,4-7,12,17-18H2,1-3H3. The first kappa shape index (κ1) is 20.6. The van der Waals surface area contributed by atoms with Gasteiger partial charge in [-0.1, -0.05) is 88.1 Å². The van der Waals surface area contributed by atoms with Gasteiger partial charge in [0.15, 0.2) is 0 Å². The smallest absolute Gasteiger partial charge is 0.323 e. The van der Waals surface area contributed by atoms with Crippen LogP contribution in [-0.2, 0) is 19.7 Å². The fraction of sp³-hybridized carbons (Fsp3) is 0.480. The van der Waals surface area contributed by atoms with Crippen molar-refractivity contribution in [2.75, 3.05) is 20.3 Å². The van der Waals surface area contributed by atoms with E-state index in [1.54, 1.807) is 7.11 Å². The van der Waals surface area contributed by atoms with Gasteiger partial charge in [-0.2, -0.15) is 0 Å². The maximum Gasteiger partial charge on any atom is 0.323 e. The van der Waals surface area contributed by atoms with Gasteiger partial charge in [0.2, 0.25) is 0 Å². The second kappa shape index (κ2) is 9.38. The molecule has 1 aliphatic carbocycles. The molecule has 3 nitrogen and oxygen atoms in total. The van der Waals surface area contributed by atoms with Crippen molar-refractivity contribution in [2.45, 2.75) is 51.4 Å². The van der Waals surface area contributed by atoms with Crippen LogP contribution in [0, 0.1) is 5.92 Å². The van der Waals surface area contributed by atoms with Gasteiger partial charge in [-0.05, 0) is 34.6 Å². The lowest BCUT2D eigenvalue weighted by Gasteiger charge is -2.29. The molecule has 1 aliphatic rings. The third-order valence-corrected chi connectivity index (χ3v) is 6.02. The maximum atomic E-state index is 13.5. The molecule has 0 aliphatic heterocycles. The number of hydrogen-bond acceptors (Lipinski definition) is 3. The number of esters is 1. The van der Waals surface area contributed by atoms with Crippen molar-refractivity contribution in [2.24, 2.45) is 5.92 Å². The van der Waals surface area contributed by atoms with E-state index in [1.165, 1.54) is 19.3 Å². The van der Waals surface area contributed by atoms with Gasteiger partial charge in [0.1, 0.15) is 5.41 Å². The molecule has 0 bridgehead atoms. The molecule has 0 heterocycles. The maximum absolute atomic E-state index is 13.5. The molecular weight excluding hydrogens is 348 g/mol. The molecule has 0 saturated carbocycles. The van der Waals surface area contributed by atoms with Gasteiger partial charge in [0.05, 0.1) is 13.2 Å². The van der Waals surface area contributed by atoms with Crippen molar-refractivity contribution < 1.29 is 14.3 Å². The van der Waals surface area contributed by atoms with Gasteiger partial charge in [-0.15, -0.1) is 0 Å². The highest BCUT2D eigenvalue weighted by Gasteiger charge is 2.50. The van der Waals surface area contributed by atoms with Gasteiger partial charge >= 0.3 is 5.97 Å². The summed E-state index contributed by atoms with van der Waals surface area (Å²) in [5.74, 6) is 0.225. The molecule has 150 valence electrons. The summed E-state index contributed by atoms with van der Waals surface area (Å²) in [6.07, 6.45) is 5.78. The largest absolute Gasteiger partial charge is 0.464 e. The molecular formula is C25H32O3. The van der Waals surface area contributed by atoms with Gasteiger partial charge in [-0.25, -0.2) is 0 Å². The van der Waals surface area contributed by atoms with E-state index in [0.717, 1.165) is 35.1 Å². The number of methoxy groups -OCH3 is 1. The van der Waals surface area contributed by atoms with Crippen LogP contribution in [0.1, 0.15) is 57.1 Å². The monoisotopic (exact) mass is 380 g/mol. The molecule has 0 saturated heterocycles. The molecule has 1 atom stereocenters. The zero-order valence-electron chi connectivity index (χ0n) is 17.4. The molecule has 3 rings (SSSR count). The lowest BCUT2D eigenvalue weighted by Crippen LogP contribution is -2.41. The van der Waals surface area contributed by atoms with E-state index in [9.17, 15) is 4.79 Å². The minimum absolute atomic E-state index is 0.194. The number of benzene rings is 2. The van der Waals surface area contributed by atoms with Crippen LogP contribution < -0.4 is 0 Å². The Labute approximate surface area is 169 Å². The van der Waals surface area contributed by atoms with E-state index in [-0.39, 0.29) is 12.6 Å². The summed E-state index contributed by atoms with van der Waals surface area (Å²) in [4.78, 5) is 13.5. The number of rotatable bonds is 10. The quantitative estimate of drug-likeness (QED) is 0.389. The zero-order valence-corrected chi connectivity index (χ0v) is 17.4. The highest BCUT2D eigenvalue weighted by atomic mass is 16.5. The number of ether oxygens (including phenoxy) is 2. The molecule has 28 heavy (non-hydrogen) atoms. The number of unbranched alkanes of at least 4 members (excludes halogenated alkanes) is 2. The van der Waals surface area contributed by atoms with Crippen LogP contribution >= 0.6 is 0 Å². The highest BCUT2D eigenvalue weighted by molar-refractivity contribution is 5.98. The molecule has 0 radical (unpaired) electrons. The Balaban J connectivity index is 1.89. The minimum atomic E-state index is -0.885. The predicted molar refractivity (Wildman–Crippen MR) is 113 cm³/mol. The Hall–Kier alpha value is -2.13. The van der Waals surface area contributed by atoms with Crippen LogP contribution in [0.3, 0.4) is 0 Å². The second-order valence-corrected chi connectivity index (χ2v) is 7.80.